The predicted molar refractivity (Wildman–Crippen MR) is 144 cm³/mol. The molecule has 1 aliphatic rings. The van der Waals surface area contributed by atoms with Gasteiger partial charge in [-0.1, -0.05) is 23.8 Å². The van der Waals surface area contributed by atoms with Gasteiger partial charge in [-0.3, -0.25) is 9.59 Å². The molecule has 200 valence electrons. The molecule has 0 bridgehead atoms. The molecule has 1 amide bonds. The maximum atomic E-state index is 13.3. The zero-order valence-electron chi connectivity index (χ0n) is 21.9. The number of carbonyl (C=O) groups excluding carboxylic acids is 2. The fourth-order valence-corrected chi connectivity index (χ4v) is 5.90. The SMILES string of the molecule is CC(=O)C1CCC(c2ccc(C(=O)NS(=O)(=O)c3cccc(N)n3)c(Oc3c(C)cc(C)cc3C)n2)CC1. The summed E-state index contributed by atoms with van der Waals surface area (Å²) in [5, 5.41) is -0.370. The lowest BCUT2D eigenvalue weighted by molar-refractivity contribution is -0.121. The minimum Gasteiger partial charge on any atom is -0.438 e. The number of ketones is 1. The largest absolute Gasteiger partial charge is 0.438 e. The maximum Gasteiger partial charge on any atom is 0.281 e. The van der Waals surface area contributed by atoms with E-state index in [1.807, 2.05) is 32.9 Å². The van der Waals surface area contributed by atoms with E-state index in [2.05, 4.69) is 9.71 Å². The molecular weight excluding hydrogens is 504 g/mol. The summed E-state index contributed by atoms with van der Waals surface area (Å²) in [6.07, 6.45) is 3.14. The van der Waals surface area contributed by atoms with E-state index in [9.17, 15) is 18.0 Å². The molecule has 0 saturated heterocycles. The highest BCUT2D eigenvalue weighted by Gasteiger charge is 2.29. The Hall–Kier alpha value is -3.79. The first kappa shape index (κ1) is 27.3. The number of carbonyl (C=O) groups is 2. The fourth-order valence-electron chi connectivity index (χ4n) is 4.96. The molecule has 1 saturated carbocycles. The van der Waals surface area contributed by atoms with E-state index in [1.54, 1.807) is 13.0 Å². The van der Waals surface area contributed by atoms with Crippen molar-refractivity contribution in [2.75, 3.05) is 5.73 Å². The van der Waals surface area contributed by atoms with Crippen LogP contribution in [0.5, 0.6) is 11.6 Å². The molecule has 3 aromatic rings. The van der Waals surface area contributed by atoms with Gasteiger partial charge in [0.15, 0.2) is 5.03 Å². The van der Waals surface area contributed by atoms with Crippen molar-refractivity contribution >= 4 is 27.5 Å². The number of amides is 1. The summed E-state index contributed by atoms with van der Waals surface area (Å²) in [6.45, 7) is 7.41. The van der Waals surface area contributed by atoms with Gasteiger partial charge >= 0.3 is 0 Å². The van der Waals surface area contributed by atoms with Gasteiger partial charge in [0.2, 0.25) is 5.88 Å². The normalized spacial score (nSPS) is 17.6. The lowest BCUT2D eigenvalue weighted by Crippen LogP contribution is -2.31. The number of hydrogen-bond donors (Lipinski definition) is 2. The van der Waals surface area contributed by atoms with Crippen LogP contribution in [0, 0.1) is 26.7 Å². The minimum absolute atomic E-state index is 0.0134. The first-order valence-electron chi connectivity index (χ1n) is 12.5. The molecule has 3 N–H and O–H groups in total. The number of rotatable bonds is 7. The van der Waals surface area contributed by atoms with Crippen LogP contribution in [0.2, 0.25) is 0 Å². The number of pyridine rings is 2. The summed E-state index contributed by atoms with van der Waals surface area (Å²) in [4.78, 5) is 33.6. The van der Waals surface area contributed by atoms with E-state index in [0.29, 0.717) is 5.75 Å². The third-order valence-corrected chi connectivity index (χ3v) is 8.13. The second-order valence-corrected chi connectivity index (χ2v) is 11.5. The number of sulfonamides is 1. The Labute approximate surface area is 222 Å². The van der Waals surface area contributed by atoms with Gasteiger partial charge in [0, 0.05) is 17.5 Å². The smallest absolute Gasteiger partial charge is 0.281 e. The standard InChI is InChI=1S/C28H32N4O5S/c1-16-14-17(2)26(18(3)15-16)37-28-22(27(34)32-38(35,36)25-7-5-6-24(29)31-25)12-13-23(30-28)21-10-8-20(9-11-21)19(4)33/h5-7,12-15,20-21H,8-11H2,1-4H3,(H2,29,31)(H,32,34). The summed E-state index contributed by atoms with van der Waals surface area (Å²) in [6, 6.07) is 11.3. The van der Waals surface area contributed by atoms with Crippen molar-refractivity contribution in [1.82, 2.24) is 14.7 Å². The van der Waals surface area contributed by atoms with Crippen LogP contribution >= 0.6 is 0 Å². The molecule has 10 heteroatoms. The lowest BCUT2D eigenvalue weighted by atomic mass is 9.79. The quantitative estimate of drug-likeness (QED) is 0.440. The Morgan fingerprint density at radius 3 is 2.24 bits per heavy atom. The van der Waals surface area contributed by atoms with Gasteiger partial charge in [0.25, 0.3) is 15.9 Å². The number of nitrogens with two attached hydrogens (primary N) is 1. The number of nitrogens with zero attached hydrogens (tertiary/aromatic N) is 2. The highest BCUT2D eigenvalue weighted by molar-refractivity contribution is 7.90. The van der Waals surface area contributed by atoms with Crippen molar-refractivity contribution < 1.29 is 22.7 Å². The van der Waals surface area contributed by atoms with Crippen LogP contribution in [-0.4, -0.2) is 30.1 Å². The molecule has 1 fully saturated rings. The molecule has 1 aliphatic carbocycles. The van der Waals surface area contributed by atoms with E-state index in [1.165, 1.54) is 24.3 Å². The third-order valence-electron chi connectivity index (χ3n) is 6.90. The molecule has 0 spiro atoms. The number of aromatic nitrogens is 2. The van der Waals surface area contributed by atoms with Crippen LogP contribution < -0.4 is 15.2 Å². The molecule has 1 aromatic carbocycles. The number of Topliss-reactive ketones (excluding diaryl/α,β-unsaturated/α-hetero) is 1. The van der Waals surface area contributed by atoms with Gasteiger partial charge in [-0.2, -0.15) is 8.42 Å². The van der Waals surface area contributed by atoms with Crippen LogP contribution in [0.25, 0.3) is 0 Å². The highest BCUT2D eigenvalue weighted by atomic mass is 32.2. The van der Waals surface area contributed by atoms with Crippen LogP contribution in [0.15, 0.2) is 47.5 Å². The molecule has 38 heavy (non-hydrogen) atoms. The van der Waals surface area contributed by atoms with E-state index in [-0.39, 0.29) is 39.9 Å². The predicted octanol–water partition coefficient (Wildman–Crippen LogP) is 4.76. The molecule has 2 heterocycles. The minimum atomic E-state index is -4.29. The Morgan fingerprint density at radius 2 is 1.63 bits per heavy atom. The van der Waals surface area contributed by atoms with Crippen molar-refractivity contribution in [2.45, 2.75) is 64.3 Å². The Bertz CT molecular complexity index is 1470. The van der Waals surface area contributed by atoms with Gasteiger partial charge in [-0.15, -0.1) is 0 Å². The van der Waals surface area contributed by atoms with Crippen LogP contribution in [0.3, 0.4) is 0 Å². The van der Waals surface area contributed by atoms with E-state index < -0.39 is 15.9 Å². The van der Waals surface area contributed by atoms with E-state index >= 15 is 0 Å². The Balaban J connectivity index is 1.69. The monoisotopic (exact) mass is 536 g/mol. The molecule has 0 atom stereocenters. The van der Waals surface area contributed by atoms with Crippen molar-refractivity contribution in [1.29, 1.82) is 0 Å². The average Bonchev–Trinajstić information content (AvgIpc) is 2.86. The third kappa shape index (κ3) is 6.02. The number of nitrogen functional groups attached to an aromatic ring is 1. The van der Waals surface area contributed by atoms with Crippen LogP contribution in [-0.2, 0) is 14.8 Å². The molecular formula is C28H32N4O5S. The van der Waals surface area contributed by atoms with Crippen LogP contribution in [0.4, 0.5) is 5.82 Å². The lowest BCUT2D eigenvalue weighted by Gasteiger charge is -2.27. The molecule has 9 nitrogen and oxygen atoms in total. The summed E-state index contributed by atoms with van der Waals surface area (Å²) in [5.74, 6) is 0.0513. The van der Waals surface area contributed by atoms with Gasteiger partial charge in [0.1, 0.15) is 22.9 Å². The molecule has 0 radical (unpaired) electrons. The summed E-state index contributed by atoms with van der Waals surface area (Å²) in [5.41, 5.74) is 9.12. The topological polar surface area (TPSA) is 141 Å². The zero-order chi connectivity index (χ0) is 27.6. The Morgan fingerprint density at radius 1 is 0.974 bits per heavy atom. The van der Waals surface area contributed by atoms with Gasteiger partial charge in [-0.25, -0.2) is 14.7 Å². The summed E-state index contributed by atoms with van der Waals surface area (Å²) >= 11 is 0. The second kappa shape index (κ2) is 10.9. The first-order chi connectivity index (χ1) is 17.9. The summed E-state index contributed by atoms with van der Waals surface area (Å²) < 4.78 is 34.0. The zero-order valence-corrected chi connectivity index (χ0v) is 22.8. The van der Waals surface area contributed by atoms with Crippen molar-refractivity contribution in [3.05, 3.63) is 70.4 Å². The van der Waals surface area contributed by atoms with Gasteiger partial charge in [-0.05, 0) is 88.8 Å². The number of benzene rings is 1. The van der Waals surface area contributed by atoms with Gasteiger partial charge in [0.05, 0.1) is 0 Å². The van der Waals surface area contributed by atoms with Gasteiger partial charge < -0.3 is 10.5 Å². The van der Waals surface area contributed by atoms with Crippen molar-refractivity contribution in [2.24, 2.45) is 5.92 Å². The van der Waals surface area contributed by atoms with E-state index in [0.717, 1.165) is 48.1 Å². The number of aryl methyl sites for hydroxylation is 3. The number of ether oxygens (including phenoxy) is 1. The van der Waals surface area contributed by atoms with Crippen molar-refractivity contribution in [3.8, 4) is 11.6 Å². The summed E-state index contributed by atoms with van der Waals surface area (Å²) in [7, 11) is -4.29. The highest BCUT2D eigenvalue weighted by Crippen LogP contribution is 2.38. The molecule has 0 aliphatic heterocycles. The Kier molecular flexibility index (Phi) is 7.82. The number of hydrogen-bond acceptors (Lipinski definition) is 8. The average molecular weight is 537 g/mol. The van der Waals surface area contributed by atoms with E-state index in [4.69, 9.17) is 15.5 Å². The molecule has 2 aromatic heterocycles. The second-order valence-electron chi connectivity index (χ2n) is 9.91. The molecule has 4 rings (SSSR count). The van der Waals surface area contributed by atoms with Crippen LogP contribution in [0.1, 0.15) is 71.3 Å². The fraction of sp³-hybridized carbons (Fsp3) is 0.357. The molecule has 0 unspecified atom stereocenters. The number of nitrogens with one attached hydrogen (secondary N) is 1. The van der Waals surface area contributed by atoms with Crippen molar-refractivity contribution in [3.63, 3.8) is 0 Å². The number of anilines is 1. The maximum absolute atomic E-state index is 13.3. The first-order valence-corrected chi connectivity index (χ1v) is 14.0.